The Bertz CT molecular complexity index is 604. The molecule has 0 saturated heterocycles. The molecule has 100 valence electrons. The smallest absolute Gasteiger partial charge is 0.0841 e. The summed E-state index contributed by atoms with van der Waals surface area (Å²) in [5.74, 6) is 0. The van der Waals surface area contributed by atoms with Gasteiger partial charge in [-0.15, -0.1) is 0 Å². The highest BCUT2D eigenvalue weighted by Gasteiger charge is 2.14. The Labute approximate surface area is 144 Å². The summed E-state index contributed by atoms with van der Waals surface area (Å²) in [6, 6.07) is 11.1. The lowest BCUT2D eigenvalue weighted by Gasteiger charge is -2.14. The number of hydrogen-bond donors (Lipinski definition) is 1. The van der Waals surface area contributed by atoms with Crippen molar-refractivity contribution in [3.05, 3.63) is 65.6 Å². The number of halogens is 4. The molecule has 0 heterocycles. The van der Waals surface area contributed by atoms with Crippen LogP contribution in [-0.2, 0) is 6.42 Å². The lowest BCUT2D eigenvalue weighted by atomic mass is 10.0. The van der Waals surface area contributed by atoms with Gasteiger partial charge in [-0.3, -0.25) is 0 Å². The Morgan fingerprint density at radius 2 is 1.89 bits per heavy atom. The van der Waals surface area contributed by atoms with E-state index in [2.05, 4.69) is 38.5 Å². The molecule has 0 radical (unpaired) electrons. The predicted molar refractivity (Wildman–Crippen MR) is 92.0 cm³/mol. The van der Waals surface area contributed by atoms with Crippen molar-refractivity contribution in [2.24, 2.45) is 0 Å². The molecule has 5 heteroatoms. The summed E-state index contributed by atoms with van der Waals surface area (Å²) in [4.78, 5) is 0. The lowest BCUT2D eigenvalue weighted by Crippen LogP contribution is -2.04. The first kappa shape index (κ1) is 15.6. The molecule has 0 saturated carbocycles. The quantitative estimate of drug-likeness (QED) is 0.575. The van der Waals surface area contributed by atoms with Crippen molar-refractivity contribution in [2.75, 3.05) is 0 Å². The van der Waals surface area contributed by atoms with Crippen LogP contribution in [0.5, 0.6) is 0 Å². The first-order valence-electron chi connectivity index (χ1n) is 5.54. The monoisotopic (exact) mass is 470 g/mol. The van der Waals surface area contributed by atoms with Crippen LogP contribution >= 0.6 is 61.7 Å². The number of hydrogen-bond acceptors (Lipinski definition) is 1. The summed E-state index contributed by atoms with van der Waals surface area (Å²) in [6.07, 6.45) is -0.174. The first-order chi connectivity index (χ1) is 8.97. The standard InChI is InChI=1S/C14H10BrCl2IO/c15-9-1-4-13(18)11(7-9)14(19)6-8-5-10(16)2-3-12(8)17/h1-5,7,14,19H,6H2. The van der Waals surface area contributed by atoms with Crippen LogP contribution in [0.1, 0.15) is 17.2 Å². The molecule has 1 atom stereocenters. The van der Waals surface area contributed by atoms with Crippen molar-refractivity contribution >= 4 is 61.7 Å². The number of benzene rings is 2. The zero-order valence-electron chi connectivity index (χ0n) is 9.71. The minimum atomic E-state index is -0.611. The first-order valence-corrected chi connectivity index (χ1v) is 8.17. The van der Waals surface area contributed by atoms with Crippen LogP contribution in [0.15, 0.2) is 40.9 Å². The van der Waals surface area contributed by atoms with Gasteiger partial charge in [0, 0.05) is 24.5 Å². The Morgan fingerprint density at radius 3 is 2.63 bits per heavy atom. The van der Waals surface area contributed by atoms with E-state index >= 15 is 0 Å². The van der Waals surface area contributed by atoms with E-state index in [0.29, 0.717) is 16.5 Å². The highest BCUT2D eigenvalue weighted by molar-refractivity contribution is 14.1. The molecular formula is C14H10BrCl2IO. The van der Waals surface area contributed by atoms with Crippen molar-refractivity contribution < 1.29 is 5.11 Å². The van der Waals surface area contributed by atoms with Crippen LogP contribution in [-0.4, -0.2) is 5.11 Å². The summed E-state index contributed by atoms with van der Waals surface area (Å²) in [7, 11) is 0. The molecule has 2 aromatic carbocycles. The van der Waals surface area contributed by atoms with Crippen LogP contribution in [0.2, 0.25) is 10.0 Å². The molecule has 0 fully saturated rings. The summed E-state index contributed by atoms with van der Waals surface area (Å²) in [5, 5.41) is 11.6. The molecule has 2 rings (SSSR count). The van der Waals surface area contributed by atoms with Crippen LogP contribution in [0.25, 0.3) is 0 Å². The molecule has 0 amide bonds. The topological polar surface area (TPSA) is 20.2 Å². The van der Waals surface area contributed by atoms with E-state index in [1.54, 1.807) is 18.2 Å². The van der Waals surface area contributed by atoms with Crippen LogP contribution < -0.4 is 0 Å². The highest BCUT2D eigenvalue weighted by Crippen LogP contribution is 2.29. The summed E-state index contributed by atoms with van der Waals surface area (Å²) in [6.45, 7) is 0. The molecule has 0 bridgehead atoms. The Hall–Kier alpha value is 0.190. The molecule has 0 aromatic heterocycles. The van der Waals surface area contributed by atoms with E-state index in [-0.39, 0.29) is 0 Å². The second kappa shape index (κ2) is 6.76. The maximum absolute atomic E-state index is 10.4. The molecule has 1 N–H and O–H groups in total. The van der Waals surface area contributed by atoms with E-state index in [0.717, 1.165) is 19.2 Å². The number of rotatable bonds is 3. The third-order valence-corrected chi connectivity index (χ3v) is 4.82. The largest absolute Gasteiger partial charge is 0.388 e. The molecular weight excluding hydrogens is 462 g/mol. The third kappa shape index (κ3) is 4.08. The second-order valence-corrected chi connectivity index (χ2v) is 7.04. The average molecular weight is 472 g/mol. The van der Waals surface area contributed by atoms with Crippen molar-refractivity contribution in [1.29, 1.82) is 0 Å². The van der Waals surface area contributed by atoms with Gasteiger partial charge in [0.15, 0.2) is 0 Å². The number of aliphatic hydroxyl groups is 1. The molecule has 19 heavy (non-hydrogen) atoms. The maximum Gasteiger partial charge on any atom is 0.0841 e. The predicted octanol–water partition coefficient (Wildman–Crippen LogP) is 5.64. The molecule has 1 nitrogen and oxygen atoms in total. The Balaban J connectivity index is 2.27. The van der Waals surface area contributed by atoms with E-state index < -0.39 is 6.10 Å². The van der Waals surface area contributed by atoms with Gasteiger partial charge in [-0.2, -0.15) is 0 Å². The molecule has 0 aliphatic rings. The minimum absolute atomic E-state index is 0.436. The van der Waals surface area contributed by atoms with Gasteiger partial charge < -0.3 is 5.11 Å². The molecule has 1 unspecified atom stereocenters. The van der Waals surface area contributed by atoms with Crippen LogP contribution in [0.4, 0.5) is 0 Å². The summed E-state index contributed by atoms with van der Waals surface area (Å²) >= 11 is 17.7. The summed E-state index contributed by atoms with van der Waals surface area (Å²) in [5.41, 5.74) is 1.73. The Morgan fingerprint density at radius 1 is 1.16 bits per heavy atom. The van der Waals surface area contributed by atoms with E-state index in [9.17, 15) is 5.11 Å². The molecule has 0 aliphatic heterocycles. The molecule has 0 aliphatic carbocycles. The number of aliphatic hydroxyl groups excluding tert-OH is 1. The van der Waals surface area contributed by atoms with Gasteiger partial charge in [0.05, 0.1) is 6.10 Å². The fourth-order valence-electron chi connectivity index (χ4n) is 1.79. The van der Waals surface area contributed by atoms with Crippen molar-refractivity contribution in [2.45, 2.75) is 12.5 Å². The maximum atomic E-state index is 10.4. The van der Waals surface area contributed by atoms with Gasteiger partial charge in [0.1, 0.15) is 0 Å². The van der Waals surface area contributed by atoms with Gasteiger partial charge in [0.2, 0.25) is 0 Å². The average Bonchev–Trinajstić information content (AvgIpc) is 2.36. The lowest BCUT2D eigenvalue weighted by molar-refractivity contribution is 0.177. The zero-order valence-corrected chi connectivity index (χ0v) is 15.0. The van der Waals surface area contributed by atoms with Crippen molar-refractivity contribution in [3.63, 3.8) is 0 Å². The van der Waals surface area contributed by atoms with Gasteiger partial charge in [-0.05, 0) is 70.1 Å². The van der Waals surface area contributed by atoms with Gasteiger partial charge in [-0.25, -0.2) is 0 Å². The van der Waals surface area contributed by atoms with Crippen LogP contribution in [0, 0.1) is 3.57 Å². The third-order valence-electron chi connectivity index (χ3n) is 2.74. The highest BCUT2D eigenvalue weighted by atomic mass is 127. The molecule has 0 spiro atoms. The van der Waals surface area contributed by atoms with E-state index in [1.165, 1.54) is 0 Å². The van der Waals surface area contributed by atoms with Crippen molar-refractivity contribution in [3.8, 4) is 0 Å². The summed E-state index contributed by atoms with van der Waals surface area (Å²) < 4.78 is 1.96. The fourth-order valence-corrected chi connectivity index (χ4v) is 3.25. The minimum Gasteiger partial charge on any atom is -0.388 e. The van der Waals surface area contributed by atoms with E-state index in [1.807, 2.05) is 18.2 Å². The fraction of sp³-hybridized carbons (Fsp3) is 0.143. The van der Waals surface area contributed by atoms with Crippen LogP contribution in [0.3, 0.4) is 0 Å². The normalized spacial score (nSPS) is 12.5. The second-order valence-electron chi connectivity index (χ2n) is 4.12. The zero-order chi connectivity index (χ0) is 14.0. The molecule has 2 aromatic rings. The van der Waals surface area contributed by atoms with Gasteiger partial charge in [-0.1, -0.05) is 39.1 Å². The van der Waals surface area contributed by atoms with Gasteiger partial charge in [0.25, 0.3) is 0 Å². The van der Waals surface area contributed by atoms with Crippen molar-refractivity contribution in [1.82, 2.24) is 0 Å². The SMILES string of the molecule is OC(Cc1cc(Cl)ccc1Cl)c1cc(Br)ccc1I. The van der Waals surface area contributed by atoms with Gasteiger partial charge >= 0.3 is 0 Å². The Kier molecular flexibility index (Phi) is 5.55. The van der Waals surface area contributed by atoms with E-state index in [4.69, 9.17) is 23.2 Å².